The zero-order valence-corrected chi connectivity index (χ0v) is 20.8. The van der Waals surface area contributed by atoms with Crippen molar-refractivity contribution < 1.29 is 9.53 Å². The predicted molar refractivity (Wildman–Crippen MR) is 137 cm³/mol. The Morgan fingerprint density at radius 2 is 2.06 bits per heavy atom. The van der Waals surface area contributed by atoms with Gasteiger partial charge in [-0.15, -0.1) is 11.8 Å². The molecule has 0 saturated heterocycles. The molecule has 0 spiro atoms. The van der Waals surface area contributed by atoms with Gasteiger partial charge in [0.2, 0.25) is 0 Å². The van der Waals surface area contributed by atoms with Crippen LogP contribution in [0.5, 0.6) is 5.75 Å². The number of methoxy groups -OCH3 is 1. The number of thioether (sulfide) groups is 1. The summed E-state index contributed by atoms with van der Waals surface area (Å²) in [6, 6.07) is 21.2. The molecule has 4 rings (SSSR count). The van der Waals surface area contributed by atoms with E-state index >= 15 is 0 Å². The quantitative estimate of drug-likeness (QED) is 0.182. The van der Waals surface area contributed by atoms with E-state index in [0.29, 0.717) is 18.0 Å². The molecular formula is C25H22BrN5O2S. The zero-order chi connectivity index (χ0) is 23.8. The summed E-state index contributed by atoms with van der Waals surface area (Å²) in [7, 11) is 1.65. The lowest BCUT2D eigenvalue weighted by molar-refractivity contribution is 0.0945. The Morgan fingerprint density at radius 3 is 2.85 bits per heavy atom. The maximum atomic E-state index is 12.7. The highest BCUT2D eigenvalue weighted by Gasteiger charge is 2.12. The number of benzene rings is 2. The molecule has 0 saturated carbocycles. The standard InChI is InChI=1S/C25H22BrN5O2S/c1-33-23-9-8-18(13-20(23)17-34-24-7-2-3-11-27-24)15-28-30-25(32)22-10-12-29-31(22)16-19-5-4-6-21(26)14-19/h2-15H,16-17H2,1H3,(H,30,32)/b28-15+. The fraction of sp³-hybridized carbons (Fsp3) is 0.120. The van der Waals surface area contributed by atoms with Gasteiger partial charge in [0.15, 0.2) is 0 Å². The second kappa shape index (κ2) is 11.6. The van der Waals surface area contributed by atoms with Gasteiger partial charge in [0, 0.05) is 28.2 Å². The molecule has 2 heterocycles. The molecule has 1 amide bonds. The van der Waals surface area contributed by atoms with Crippen molar-refractivity contribution >= 4 is 39.8 Å². The minimum atomic E-state index is -0.330. The predicted octanol–water partition coefficient (Wildman–Crippen LogP) is 5.15. The molecule has 0 unspecified atom stereocenters. The van der Waals surface area contributed by atoms with Gasteiger partial charge in [-0.1, -0.05) is 34.1 Å². The SMILES string of the molecule is COc1ccc(/C=N/NC(=O)c2ccnn2Cc2cccc(Br)c2)cc1CSc1ccccn1. The van der Waals surface area contributed by atoms with Gasteiger partial charge < -0.3 is 4.74 Å². The minimum Gasteiger partial charge on any atom is -0.496 e. The van der Waals surface area contributed by atoms with Gasteiger partial charge >= 0.3 is 0 Å². The van der Waals surface area contributed by atoms with Crippen LogP contribution in [0.2, 0.25) is 0 Å². The molecule has 9 heteroatoms. The van der Waals surface area contributed by atoms with Crippen LogP contribution < -0.4 is 10.2 Å². The summed E-state index contributed by atoms with van der Waals surface area (Å²) < 4.78 is 8.11. The van der Waals surface area contributed by atoms with Gasteiger partial charge in [0.1, 0.15) is 11.4 Å². The van der Waals surface area contributed by atoms with Gasteiger partial charge in [0.25, 0.3) is 5.91 Å². The van der Waals surface area contributed by atoms with Gasteiger partial charge in [-0.2, -0.15) is 10.2 Å². The van der Waals surface area contributed by atoms with Crippen LogP contribution in [0.15, 0.2) is 93.7 Å². The van der Waals surface area contributed by atoms with E-state index in [1.54, 1.807) is 48.2 Å². The molecule has 172 valence electrons. The van der Waals surface area contributed by atoms with E-state index in [0.717, 1.165) is 31.9 Å². The Bertz CT molecular complexity index is 1290. The van der Waals surface area contributed by atoms with Crippen LogP contribution in [0.1, 0.15) is 27.2 Å². The molecule has 0 aliphatic rings. The third-order valence-electron chi connectivity index (χ3n) is 4.87. The maximum Gasteiger partial charge on any atom is 0.289 e. The number of hydrogen-bond donors (Lipinski definition) is 1. The van der Waals surface area contributed by atoms with Crippen LogP contribution in [-0.2, 0) is 12.3 Å². The molecule has 1 N–H and O–H groups in total. The number of pyridine rings is 1. The molecule has 4 aromatic rings. The van der Waals surface area contributed by atoms with Gasteiger partial charge in [-0.3, -0.25) is 9.48 Å². The van der Waals surface area contributed by atoms with E-state index in [4.69, 9.17) is 4.74 Å². The molecular weight excluding hydrogens is 514 g/mol. The van der Waals surface area contributed by atoms with Crippen LogP contribution in [0.3, 0.4) is 0 Å². The van der Waals surface area contributed by atoms with E-state index in [9.17, 15) is 4.79 Å². The van der Waals surface area contributed by atoms with Crippen LogP contribution >= 0.6 is 27.7 Å². The molecule has 0 bridgehead atoms. The summed E-state index contributed by atoms with van der Waals surface area (Å²) in [6.07, 6.45) is 4.99. The van der Waals surface area contributed by atoms with Crippen molar-refractivity contribution in [3.8, 4) is 5.75 Å². The monoisotopic (exact) mass is 535 g/mol. The minimum absolute atomic E-state index is 0.330. The molecule has 0 radical (unpaired) electrons. The van der Waals surface area contributed by atoms with E-state index in [2.05, 4.69) is 36.5 Å². The van der Waals surface area contributed by atoms with Gasteiger partial charge in [-0.05, 0) is 59.7 Å². The number of nitrogens with one attached hydrogen (secondary N) is 1. The van der Waals surface area contributed by atoms with Crippen molar-refractivity contribution in [2.24, 2.45) is 5.10 Å². The largest absolute Gasteiger partial charge is 0.496 e. The first-order chi connectivity index (χ1) is 16.6. The first-order valence-corrected chi connectivity index (χ1v) is 12.2. The summed E-state index contributed by atoms with van der Waals surface area (Å²) in [5.41, 5.74) is 5.92. The number of hydrogen-bond acceptors (Lipinski definition) is 6. The van der Waals surface area contributed by atoms with E-state index < -0.39 is 0 Å². The maximum absolute atomic E-state index is 12.7. The Labute approximate surface area is 210 Å². The summed E-state index contributed by atoms with van der Waals surface area (Å²) >= 11 is 5.09. The van der Waals surface area contributed by atoms with Crippen LogP contribution in [0.4, 0.5) is 0 Å². The third-order valence-corrected chi connectivity index (χ3v) is 6.35. The Balaban J connectivity index is 1.40. The number of carbonyl (C=O) groups is 1. The van der Waals surface area contributed by atoms with E-state index in [1.165, 1.54) is 0 Å². The van der Waals surface area contributed by atoms with E-state index in [-0.39, 0.29) is 5.91 Å². The Kier molecular flexibility index (Phi) is 8.11. The highest BCUT2D eigenvalue weighted by atomic mass is 79.9. The molecule has 0 atom stereocenters. The number of halogens is 1. The number of ether oxygens (including phenoxy) is 1. The van der Waals surface area contributed by atoms with Gasteiger partial charge in [0.05, 0.1) is 24.9 Å². The smallest absolute Gasteiger partial charge is 0.289 e. The normalized spacial score (nSPS) is 11.0. The number of rotatable bonds is 9. The first-order valence-electron chi connectivity index (χ1n) is 10.4. The van der Waals surface area contributed by atoms with Crippen LogP contribution in [0, 0.1) is 0 Å². The van der Waals surface area contributed by atoms with Crippen LogP contribution in [0.25, 0.3) is 0 Å². The Morgan fingerprint density at radius 1 is 1.15 bits per heavy atom. The zero-order valence-electron chi connectivity index (χ0n) is 18.4. The van der Waals surface area contributed by atoms with Crippen molar-refractivity contribution in [2.45, 2.75) is 17.3 Å². The number of hydrazone groups is 1. The lowest BCUT2D eigenvalue weighted by Gasteiger charge is -2.09. The fourth-order valence-electron chi connectivity index (χ4n) is 3.26. The highest BCUT2D eigenvalue weighted by molar-refractivity contribution is 9.10. The number of aromatic nitrogens is 3. The lowest BCUT2D eigenvalue weighted by atomic mass is 10.1. The fourth-order valence-corrected chi connectivity index (χ4v) is 4.54. The molecule has 0 aliphatic heterocycles. The molecule has 0 aliphatic carbocycles. The second-order valence-corrected chi connectivity index (χ2v) is 9.14. The average Bonchev–Trinajstić information content (AvgIpc) is 3.31. The van der Waals surface area contributed by atoms with Crippen molar-refractivity contribution in [2.75, 3.05) is 7.11 Å². The summed E-state index contributed by atoms with van der Waals surface area (Å²) in [4.78, 5) is 17.0. The summed E-state index contributed by atoms with van der Waals surface area (Å²) in [5.74, 6) is 1.16. The summed E-state index contributed by atoms with van der Waals surface area (Å²) in [6.45, 7) is 0.481. The average molecular weight is 536 g/mol. The topological polar surface area (TPSA) is 81.4 Å². The number of carbonyl (C=O) groups excluding carboxylic acids is 1. The highest BCUT2D eigenvalue weighted by Crippen LogP contribution is 2.27. The summed E-state index contributed by atoms with van der Waals surface area (Å²) in [5, 5.41) is 9.35. The number of nitrogens with zero attached hydrogens (tertiary/aromatic N) is 4. The van der Waals surface area contributed by atoms with Crippen molar-refractivity contribution in [1.29, 1.82) is 0 Å². The van der Waals surface area contributed by atoms with Crippen molar-refractivity contribution in [1.82, 2.24) is 20.2 Å². The third kappa shape index (κ3) is 6.33. The molecule has 0 fully saturated rings. The molecule has 2 aromatic heterocycles. The molecule has 2 aromatic carbocycles. The van der Waals surface area contributed by atoms with Crippen molar-refractivity contribution in [3.05, 3.63) is 106 Å². The first kappa shape index (κ1) is 23.7. The molecule has 34 heavy (non-hydrogen) atoms. The Hall–Kier alpha value is -3.43. The number of amides is 1. The van der Waals surface area contributed by atoms with Crippen LogP contribution in [-0.4, -0.2) is 34.0 Å². The van der Waals surface area contributed by atoms with Crippen molar-refractivity contribution in [3.63, 3.8) is 0 Å². The lowest BCUT2D eigenvalue weighted by Crippen LogP contribution is -2.22. The van der Waals surface area contributed by atoms with E-state index in [1.807, 2.05) is 60.7 Å². The second-order valence-electron chi connectivity index (χ2n) is 7.23. The molecule has 7 nitrogen and oxygen atoms in total. The van der Waals surface area contributed by atoms with Gasteiger partial charge in [-0.25, -0.2) is 10.4 Å².